The maximum Gasteiger partial charge on any atom is 0.120 e. The second-order valence-corrected chi connectivity index (χ2v) is 4.49. The van der Waals surface area contributed by atoms with Crippen LogP contribution in [0.15, 0.2) is 52.5 Å². The summed E-state index contributed by atoms with van der Waals surface area (Å²) >= 11 is 8.86. The Balaban J connectivity index is 2.26. The Kier molecular flexibility index (Phi) is 3.86. The van der Waals surface area contributed by atoms with Gasteiger partial charge in [-0.2, -0.15) is 0 Å². The Bertz CT molecular complexity index is 522. The van der Waals surface area contributed by atoms with Crippen LogP contribution in [-0.2, 0) is 0 Å². The summed E-state index contributed by atoms with van der Waals surface area (Å²) in [6.07, 6.45) is 1.76. The molecule has 0 aliphatic carbocycles. The highest BCUT2D eigenvalue weighted by atomic mass is 79.9. The van der Waals surface area contributed by atoms with Crippen molar-refractivity contribution >= 4 is 38.3 Å². The van der Waals surface area contributed by atoms with Crippen LogP contribution in [0.5, 0.6) is 5.75 Å². The van der Waals surface area contributed by atoms with Crippen molar-refractivity contribution in [3.63, 3.8) is 0 Å². The number of rotatable bonds is 3. The van der Waals surface area contributed by atoms with E-state index in [0.717, 1.165) is 15.6 Å². The lowest BCUT2D eigenvalue weighted by Gasteiger charge is -2.05. The van der Waals surface area contributed by atoms with E-state index in [1.165, 1.54) is 10.9 Å². The molecule has 0 unspecified atom stereocenters. The molecule has 0 spiro atoms. The van der Waals surface area contributed by atoms with Gasteiger partial charge >= 0.3 is 0 Å². The predicted molar refractivity (Wildman–Crippen MR) is 72.1 cm³/mol. The van der Waals surface area contributed by atoms with Gasteiger partial charge in [0, 0.05) is 10.0 Å². The van der Waals surface area contributed by atoms with Crippen LogP contribution < -0.4 is 4.74 Å². The van der Waals surface area contributed by atoms with Crippen LogP contribution in [0.3, 0.4) is 0 Å². The van der Waals surface area contributed by atoms with Gasteiger partial charge in [-0.1, -0.05) is 39.7 Å². The molecule has 0 aromatic heterocycles. The van der Waals surface area contributed by atoms with E-state index in [0.29, 0.717) is 6.61 Å². The molecule has 0 aliphatic rings. The van der Waals surface area contributed by atoms with Gasteiger partial charge in [0.2, 0.25) is 0 Å². The second-order valence-electron chi connectivity index (χ2n) is 3.33. The molecule has 82 valence electrons. The van der Waals surface area contributed by atoms with E-state index >= 15 is 0 Å². The Morgan fingerprint density at radius 2 is 1.88 bits per heavy atom. The number of halogens is 2. The molecule has 2 aromatic rings. The highest BCUT2D eigenvalue weighted by molar-refractivity contribution is 9.10. The van der Waals surface area contributed by atoms with Crippen LogP contribution in [-0.4, -0.2) is 6.61 Å². The van der Waals surface area contributed by atoms with E-state index < -0.39 is 0 Å². The lowest BCUT2D eigenvalue weighted by molar-refractivity contribution is 0.363. The van der Waals surface area contributed by atoms with Gasteiger partial charge in [0.05, 0.1) is 0 Å². The average molecular weight is 298 g/mol. The highest BCUT2D eigenvalue weighted by Crippen LogP contribution is 2.24. The minimum atomic E-state index is 0.492. The van der Waals surface area contributed by atoms with E-state index in [9.17, 15) is 0 Å². The standard InChI is InChI=1S/C13H10BrClO/c14-12-4-2-11-9-13(16-7-1-6-15)5-3-10(11)8-12/h1-6,8-9H,7H2. The lowest BCUT2D eigenvalue weighted by Crippen LogP contribution is -1.92. The number of hydrogen-bond acceptors (Lipinski definition) is 1. The zero-order valence-electron chi connectivity index (χ0n) is 8.49. The third-order valence-electron chi connectivity index (χ3n) is 2.21. The van der Waals surface area contributed by atoms with Crippen LogP contribution in [0, 0.1) is 0 Å². The van der Waals surface area contributed by atoms with E-state index in [4.69, 9.17) is 16.3 Å². The minimum Gasteiger partial charge on any atom is -0.489 e. The fourth-order valence-corrected chi connectivity index (χ4v) is 1.92. The molecule has 3 heteroatoms. The fourth-order valence-electron chi connectivity index (χ4n) is 1.47. The van der Waals surface area contributed by atoms with Crippen LogP contribution in [0.1, 0.15) is 0 Å². The predicted octanol–water partition coefficient (Wildman–Crippen LogP) is 4.73. The van der Waals surface area contributed by atoms with Gasteiger partial charge < -0.3 is 4.74 Å². The quantitative estimate of drug-likeness (QED) is 0.795. The molecule has 0 heterocycles. The summed E-state index contributed by atoms with van der Waals surface area (Å²) < 4.78 is 6.58. The highest BCUT2D eigenvalue weighted by Gasteiger charge is 1.97. The molecular weight excluding hydrogens is 287 g/mol. The molecule has 0 bridgehead atoms. The van der Waals surface area contributed by atoms with Crippen molar-refractivity contribution in [3.05, 3.63) is 52.5 Å². The van der Waals surface area contributed by atoms with Gasteiger partial charge in [0.1, 0.15) is 12.4 Å². The van der Waals surface area contributed by atoms with Gasteiger partial charge in [-0.15, -0.1) is 0 Å². The van der Waals surface area contributed by atoms with Crippen LogP contribution in [0.4, 0.5) is 0 Å². The zero-order valence-corrected chi connectivity index (χ0v) is 10.8. The first kappa shape index (κ1) is 11.5. The molecule has 16 heavy (non-hydrogen) atoms. The molecule has 0 radical (unpaired) electrons. The zero-order chi connectivity index (χ0) is 11.4. The van der Waals surface area contributed by atoms with Crippen LogP contribution in [0.25, 0.3) is 10.8 Å². The van der Waals surface area contributed by atoms with Crippen molar-refractivity contribution < 1.29 is 4.74 Å². The van der Waals surface area contributed by atoms with Gasteiger partial charge in [-0.25, -0.2) is 0 Å². The molecule has 0 N–H and O–H groups in total. The van der Waals surface area contributed by atoms with E-state index in [2.05, 4.69) is 28.1 Å². The van der Waals surface area contributed by atoms with Crippen molar-refractivity contribution in [2.45, 2.75) is 0 Å². The number of fused-ring (bicyclic) bond motifs is 1. The monoisotopic (exact) mass is 296 g/mol. The second kappa shape index (κ2) is 5.37. The molecule has 2 rings (SSSR count). The van der Waals surface area contributed by atoms with Crippen molar-refractivity contribution in [3.8, 4) is 5.75 Å². The summed E-state index contributed by atoms with van der Waals surface area (Å²) in [7, 11) is 0. The van der Waals surface area contributed by atoms with Crippen molar-refractivity contribution in [2.24, 2.45) is 0 Å². The van der Waals surface area contributed by atoms with Gasteiger partial charge in [-0.05, 0) is 41.1 Å². The van der Waals surface area contributed by atoms with Crippen LogP contribution in [0.2, 0.25) is 0 Å². The van der Waals surface area contributed by atoms with Crippen molar-refractivity contribution in [2.75, 3.05) is 6.61 Å². The lowest BCUT2D eigenvalue weighted by atomic mass is 10.1. The largest absolute Gasteiger partial charge is 0.489 e. The minimum absolute atomic E-state index is 0.492. The molecular formula is C13H10BrClO. The molecule has 1 nitrogen and oxygen atoms in total. The Labute approximate surface area is 108 Å². The normalized spacial score (nSPS) is 11.1. The molecule has 0 fully saturated rings. The summed E-state index contributed by atoms with van der Waals surface area (Å²) in [5.74, 6) is 0.851. The average Bonchev–Trinajstić information content (AvgIpc) is 2.29. The summed E-state index contributed by atoms with van der Waals surface area (Å²) in [4.78, 5) is 0. The van der Waals surface area contributed by atoms with Crippen LogP contribution >= 0.6 is 27.5 Å². The third-order valence-corrected chi connectivity index (χ3v) is 2.88. The molecule has 0 atom stereocenters. The fraction of sp³-hybridized carbons (Fsp3) is 0.0769. The number of benzene rings is 2. The first-order chi connectivity index (χ1) is 7.79. The SMILES string of the molecule is ClC=CCOc1ccc2cc(Br)ccc2c1. The van der Waals surface area contributed by atoms with Gasteiger partial charge in [-0.3, -0.25) is 0 Å². The summed E-state index contributed by atoms with van der Waals surface area (Å²) in [5.41, 5.74) is 1.46. The van der Waals surface area contributed by atoms with E-state index in [-0.39, 0.29) is 0 Å². The molecule has 0 aliphatic heterocycles. The summed E-state index contributed by atoms with van der Waals surface area (Å²) in [5, 5.41) is 2.35. The molecule has 0 saturated heterocycles. The third kappa shape index (κ3) is 2.77. The first-order valence-electron chi connectivity index (χ1n) is 4.87. The van der Waals surface area contributed by atoms with Crippen molar-refractivity contribution in [1.29, 1.82) is 0 Å². The Morgan fingerprint density at radius 3 is 2.69 bits per heavy atom. The number of ether oxygens (including phenoxy) is 1. The summed E-state index contributed by atoms with van der Waals surface area (Å²) in [6, 6.07) is 12.2. The first-order valence-corrected chi connectivity index (χ1v) is 6.10. The molecule has 0 amide bonds. The number of hydrogen-bond donors (Lipinski definition) is 0. The Hall–Kier alpha value is -0.990. The maximum atomic E-state index is 5.50. The van der Waals surface area contributed by atoms with E-state index in [1.54, 1.807) is 6.08 Å². The van der Waals surface area contributed by atoms with E-state index in [1.807, 2.05) is 24.3 Å². The van der Waals surface area contributed by atoms with Gasteiger partial charge in [0.15, 0.2) is 0 Å². The molecule has 0 saturated carbocycles. The van der Waals surface area contributed by atoms with Gasteiger partial charge in [0.25, 0.3) is 0 Å². The summed E-state index contributed by atoms with van der Waals surface area (Å²) in [6.45, 7) is 0.492. The topological polar surface area (TPSA) is 9.23 Å². The molecule has 2 aromatic carbocycles. The smallest absolute Gasteiger partial charge is 0.120 e. The maximum absolute atomic E-state index is 5.50. The Morgan fingerprint density at radius 1 is 1.12 bits per heavy atom. The van der Waals surface area contributed by atoms with Crippen molar-refractivity contribution in [1.82, 2.24) is 0 Å².